The van der Waals surface area contributed by atoms with E-state index in [1.54, 1.807) is 6.07 Å². The summed E-state index contributed by atoms with van der Waals surface area (Å²) in [6, 6.07) is 5.30. The highest BCUT2D eigenvalue weighted by atomic mass is 19.4. The van der Waals surface area contributed by atoms with E-state index in [1.165, 1.54) is 6.07 Å². The maximum absolute atomic E-state index is 12.7. The van der Waals surface area contributed by atoms with E-state index < -0.39 is 17.7 Å². The standard InChI is InChI=1S/C14H17F3N2O2/c15-14(16,17)11-2-1-3-12(10-11)19-8-6-18(7-9-19)5-4-13(20)21/h1-3,10H,4-9H2,(H,20,21). The van der Waals surface area contributed by atoms with E-state index in [0.29, 0.717) is 38.4 Å². The molecule has 21 heavy (non-hydrogen) atoms. The smallest absolute Gasteiger partial charge is 0.416 e. The van der Waals surface area contributed by atoms with Crippen molar-refractivity contribution >= 4 is 11.7 Å². The first kappa shape index (κ1) is 15.6. The summed E-state index contributed by atoms with van der Waals surface area (Å²) in [5, 5.41) is 8.64. The molecule has 1 heterocycles. The third kappa shape index (κ3) is 4.35. The molecule has 0 atom stereocenters. The average molecular weight is 302 g/mol. The second-order valence-electron chi connectivity index (χ2n) is 5.02. The number of carboxylic acid groups (broad SMARTS) is 1. The van der Waals surface area contributed by atoms with Gasteiger partial charge in [-0.1, -0.05) is 6.07 Å². The first-order chi connectivity index (χ1) is 9.86. The molecule has 1 aromatic rings. The minimum Gasteiger partial charge on any atom is -0.481 e. The van der Waals surface area contributed by atoms with E-state index in [-0.39, 0.29) is 6.42 Å². The van der Waals surface area contributed by atoms with Gasteiger partial charge in [-0.3, -0.25) is 9.69 Å². The third-order valence-corrected chi connectivity index (χ3v) is 3.55. The number of rotatable bonds is 4. The van der Waals surface area contributed by atoms with Crippen molar-refractivity contribution in [1.29, 1.82) is 0 Å². The van der Waals surface area contributed by atoms with Gasteiger partial charge in [-0.2, -0.15) is 13.2 Å². The van der Waals surface area contributed by atoms with Crippen molar-refractivity contribution in [2.45, 2.75) is 12.6 Å². The molecule has 0 radical (unpaired) electrons. The van der Waals surface area contributed by atoms with Crippen molar-refractivity contribution < 1.29 is 23.1 Å². The van der Waals surface area contributed by atoms with Crippen molar-refractivity contribution in [1.82, 2.24) is 4.90 Å². The number of nitrogens with zero attached hydrogens (tertiary/aromatic N) is 2. The fraction of sp³-hybridized carbons (Fsp3) is 0.500. The molecule has 1 fully saturated rings. The Bertz CT molecular complexity index is 497. The van der Waals surface area contributed by atoms with Crippen LogP contribution in [0.5, 0.6) is 0 Å². The number of carboxylic acids is 1. The molecule has 116 valence electrons. The van der Waals surface area contributed by atoms with Gasteiger partial charge in [0, 0.05) is 38.4 Å². The van der Waals surface area contributed by atoms with E-state index in [9.17, 15) is 18.0 Å². The summed E-state index contributed by atoms with van der Waals surface area (Å²) in [5.41, 5.74) is -0.0870. The van der Waals surface area contributed by atoms with Gasteiger partial charge >= 0.3 is 12.1 Å². The molecule has 0 aliphatic carbocycles. The van der Waals surface area contributed by atoms with Gasteiger partial charge in [-0.05, 0) is 18.2 Å². The predicted octanol–water partition coefficient (Wildman–Crippen LogP) is 2.30. The van der Waals surface area contributed by atoms with Crippen LogP contribution in [0.2, 0.25) is 0 Å². The zero-order chi connectivity index (χ0) is 15.5. The Morgan fingerprint density at radius 2 is 1.86 bits per heavy atom. The molecule has 2 rings (SSSR count). The number of hydrogen-bond acceptors (Lipinski definition) is 3. The lowest BCUT2D eigenvalue weighted by Crippen LogP contribution is -2.47. The zero-order valence-electron chi connectivity index (χ0n) is 11.4. The van der Waals surface area contributed by atoms with Crippen molar-refractivity contribution in [3.05, 3.63) is 29.8 Å². The Balaban J connectivity index is 1.95. The van der Waals surface area contributed by atoms with Crippen LogP contribution in [0, 0.1) is 0 Å². The molecule has 0 amide bonds. The zero-order valence-corrected chi connectivity index (χ0v) is 11.4. The molecular weight excluding hydrogens is 285 g/mol. The van der Waals surface area contributed by atoms with Gasteiger partial charge < -0.3 is 10.0 Å². The summed E-state index contributed by atoms with van der Waals surface area (Å²) in [4.78, 5) is 14.4. The van der Waals surface area contributed by atoms with Crippen molar-refractivity contribution in [2.24, 2.45) is 0 Å². The predicted molar refractivity (Wildman–Crippen MR) is 72.3 cm³/mol. The molecule has 1 aliphatic heterocycles. The lowest BCUT2D eigenvalue weighted by atomic mass is 10.1. The highest BCUT2D eigenvalue weighted by Gasteiger charge is 2.31. The maximum atomic E-state index is 12.7. The van der Waals surface area contributed by atoms with E-state index >= 15 is 0 Å². The minimum atomic E-state index is -4.33. The van der Waals surface area contributed by atoms with E-state index in [4.69, 9.17) is 5.11 Å². The number of alkyl halides is 3. The number of anilines is 1. The molecule has 1 saturated heterocycles. The molecule has 1 N–H and O–H groups in total. The normalized spacial score (nSPS) is 17.0. The van der Waals surface area contributed by atoms with Crippen molar-refractivity contribution in [2.75, 3.05) is 37.6 Å². The molecule has 0 bridgehead atoms. The summed E-state index contributed by atoms with van der Waals surface area (Å²) in [6.45, 7) is 2.99. The molecular formula is C14H17F3N2O2. The topological polar surface area (TPSA) is 43.8 Å². The largest absolute Gasteiger partial charge is 0.481 e. The van der Waals surface area contributed by atoms with Gasteiger partial charge in [0.25, 0.3) is 0 Å². The lowest BCUT2D eigenvalue weighted by molar-refractivity contribution is -0.138. The Morgan fingerprint density at radius 1 is 1.19 bits per heavy atom. The Hall–Kier alpha value is -1.76. The second kappa shape index (κ2) is 6.34. The highest BCUT2D eigenvalue weighted by molar-refractivity contribution is 5.66. The van der Waals surface area contributed by atoms with Crippen molar-refractivity contribution in [3.8, 4) is 0 Å². The third-order valence-electron chi connectivity index (χ3n) is 3.55. The molecule has 0 saturated carbocycles. The lowest BCUT2D eigenvalue weighted by Gasteiger charge is -2.36. The van der Waals surface area contributed by atoms with Crippen LogP contribution in [0.25, 0.3) is 0 Å². The van der Waals surface area contributed by atoms with E-state index in [0.717, 1.165) is 12.1 Å². The van der Waals surface area contributed by atoms with Gasteiger partial charge in [0.15, 0.2) is 0 Å². The van der Waals surface area contributed by atoms with Crippen LogP contribution >= 0.6 is 0 Å². The number of benzene rings is 1. The number of aliphatic carboxylic acids is 1. The first-order valence-corrected chi connectivity index (χ1v) is 6.72. The number of halogens is 3. The van der Waals surface area contributed by atoms with E-state index in [1.807, 2.05) is 9.80 Å². The minimum absolute atomic E-state index is 0.0869. The molecule has 1 aromatic carbocycles. The number of piperazine rings is 1. The van der Waals surface area contributed by atoms with Crippen LogP contribution in [-0.2, 0) is 11.0 Å². The quantitative estimate of drug-likeness (QED) is 0.927. The summed E-state index contributed by atoms with van der Waals surface area (Å²) in [7, 11) is 0. The molecule has 0 aromatic heterocycles. The van der Waals surface area contributed by atoms with Gasteiger partial charge in [-0.15, -0.1) is 0 Å². The molecule has 0 unspecified atom stereocenters. The summed E-state index contributed by atoms with van der Waals surface area (Å²) >= 11 is 0. The van der Waals surface area contributed by atoms with Crippen LogP contribution in [0.1, 0.15) is 12.0 Å². The Morgan fingerprint density at radius 3 is 2.43 bits per heavy atom. The number of carbonyl (C=O) groups is 1. The van der Waals surface area contributed by atoms with Gasteiger partial charge in [0.2, 0.25) is 0 Å². The Labute approximate surface area is 120 Å². The molecule has 7 heteroatoms. The monoisotopic (exact) mass is 302 g/mol. The van der Waals surface area contributed by atoms with Crippen LogP contribution in [0.15, 0.2) is 24.3 Å². The van der Waals surface area contributed by atoms with Crippen LogP contribution in [0.4, 0.5) is 18.9 Å². The van der Waals surface area contributed by atoms with Gasteiger partial charge in [0.1, 0.15) is 0 Å². The number of hydrogen-bond donors (Lipinski definition) is 1. The summed E-state index contributed by atoms with van der Waals surface area (Å²) in [5.74, 6) is -0.838. The maximum Gasteiger partial charge on any atom is 0.416 e. The Kier molecular flexibility index (Phi) is 4.72. The van der Waals surface area contributed by atoms with Crippen LogP contribution < -0.4 is 4.90 Å². The molecule has 0 spiro atoms. The fourth-order valence-corrected chi connectivity index (χ4v) is 2.36. The highest BCUT2D eigenvalue weighted by Crippen LogP contribution is 2.31. The average Bonchev–Trinajstić information content (AvgIpc) is 2.45. The van der Waals surface area contributed by atoms with Crippen LogP contribution in [0.3, 0.4) is 0 Å². The molecule has 4 nitrogen and oxygen atoms in total. The van der Waals surface area contributed by atoms with Gasteiger partial charge in [-0.25, -0.2) is 0 Å². The fourth-order valence-electron chi connectivity index (χ4n) is 2.36. The first-order valence-electron chi connectivity index (χ1n) is 6.72. The van der Waals surface area contributed by atoms with Crippen molar-refractivity contribution in [3.63, 3.8) is 0 Å². The van der Waals surface area contributed by atoms with Gasteiger partial charge in [0.05, 0.1) is 12.0 Å². The van der Waals surface area contributed by atoms with Crippen LogP contribution in [-0.4, -0.2) is 48.7 Å². The SMILES string of the molecule is O=C(O)CCN1CCN(c2cccc(C(F)(F)F)c2)CC1. The molecule has 1 aliphatic rings. The second-order valence-corrected chi connectivity index (χ2v) is 5.02. The summed E-state index contributed by atoms with van der Waals surface area (Å²) in [6.07, 6.45) is -4.25. The van der Waals surface area contributed by atoms with E-state index in [2.05, 4.69) is 0 Å². The summed E-state index contributed by atoms with van der Waals surface area (Å²) < 4.78 is 38.1.